The first-order valence-corrected chi connectivity index (χ1v) is 18.4. The standard InChI is InChI=1S/C42H53N5O4/c1-24-18-25(2)20-30(19-24)35-34(26(3)22-44-38(48)27(4)29-14-16-43-17-15-29)32-21-33(45-37(36(32)46-35)39(49)51-41(5,6)7)42(8,9)40(50)47-23-28-10-12-31(47)13-11-28/h14-21,26-28,31,46H,10-13,22-23H2,1-9H3,(H,44,48). The normalized spacial score (nSPS) is 18.8. The van der Waals surface area contributed by atoms with Crippen LogP contribution in [0.15, 0.2) is 48.8 Å². The van der Waals surface area contributed by atoms with Crippen molar-refractivity contribution in [3.05, 3.63) is 82.4 Å². The summed E-state index contributed by atoms with van der Waals surface area (Å²) in [7, 11) is 0. The topological polar surface area (TPSA) is 117 Å². The highest BCUT2D eigenvalue weighted by atomic mass is 16.6. The second kappa shape index (κ2) is 13.9. The molecule has 2 atom stereocenters. The van der Waals surface area contributed by atoms with Crippen LogP contribution in [0.5, 0.6) is 0 Å². The van der Waals surface area contributed by atoms with E-state index in [1.165, 1.54) is 12.8 Å². The third-order valence-electron chi connectivity index (χ3n) is 10.8. The second-order valence-electron chi connectivity index (χ2n) is 16.5. The summed E-state index contributed by atoms with van der Waals surface area (Å²) >= 11 is 0. The maximum Gasteiger partial charge on any atom is 0.359 e. The molecule has 2 unspecified atom stereocenters. The number of nitrogens with zero attached hydrogens (tertiary/aromatic N) is 3. The summed E-state index contributed by atoms with van der Waals surface area (Å²) in [5.41, 5.74) is 5.34. The van der Waals surface area contributed by atoms with Crippen LogP contribution in [0.25, 0.3) is 22.2 Å². The van der Waals surface area contributed by atoms with Gasteiger partial charge in [0.2, 0.25) is 11.8 Å². The lowest BCUT2D eigenvalue weighted by atomic mass is 9.77. The molecule has 2 aliphatic heterocycles. The average Bonchev–Trinajstić information content (AvgIpc) is 3.49. The van der Waals surface area contributed by atoms with E-state index in [0.29, 0.717) is 23.7 Å². The minimum atomic E-state index is -1.01. The molecule has 4 aromatic rings. The lowest BCUT2D eigenvalue weighted by Crippen LogP contribution is -2.55. The van der Waals surface area contributed by atoms with Gasteiger partial charge in [0.05, 0.1) is 28.2 Å². The van der Waals surface area contributed by atoms with Gasteiger partial charge in [-0.05, 0) is 134 Å². The van der Waals surface area contributed by atoms with Crippen molar-refractivity contribution in [2.45, 2.75) is 117 Å². The van der Waals surface area contributed by atoms with E-state index in [2.05, 4.69) is 59.2 Å². The summed E-state index contributed by atoms with van der Waals surface area (Å²) < 4.78 is 5.94. The van der Waals surface area contributed by atoms with Crippen molar-refractivity contribution in [2.75, 3.05) is 13.1 Å². The van der Waals surface area contributed by atoms with Crippen LogP contribution in [0.4, 0.5) is 0 Å². The molecule has 2 amide bonds. The molecule has 2 saturated heterocycles. The number of H-pyrrole nitrogens is 1. The molecule has 7 rings (SSSR count). The highest BCUT2D eigenvalue weighted by molar-refractivity contribution is 6.05. The fraction of sp³-hybridized carbons (Fsp3) is 0.500. The van der Waals surface area contributed by atoms with E-state index >= 15 is 0 Å². The summed E-state index contributed by atoms with van der Waals surface area (Å²) in [6.07, 6.45) is 7.80. The molecular formula is C42H53N5O4. The SMILES string of the molecule is Cc1cc(C)cc(-c2[nH]c3c(C(=O)OC(C)(C)C)nc(C(C)(C)C(=O)N4CC5CCC4CC5)cc3c2C(C)CNC(=O)C(C)c2ccncc2)c1. The molecule has 0 spiro atoms. The van der Waals surface area contributed by atoms with Crippen LogP contribution in [0, 0.1) is 19.8 Å². The number of fused-ring (bicyclic) bond motifs is 4. The predicted octanol–water partition coefficient (Wildman–Crippen LogP) is 7.90. The molecule has 1 saturated carbocycles. The van der Waals surface area contributed by atoms with Crippen LogP contribution in [-0.2, 0) is 19.7 Å². The number of piperidine rings is 2. The van der Waals surface area contributed by atoms with Crippen molar-refractivity contribution in [1.29, 1.82) is 0 Å². The fourth-order valence-corrected chi connectivity index (χ4v) is 7.96. The van der Waals surface area contributed by atoms with Gasteiger partial charge in [-0.2, -0.15) is 0 Å². The summed E-state index contributed by atoms with van der Waals surface area (Å²) in [5, 5.41) is 3.98. The van der Waals surface area contributed by atoms with Gasteiger partial charge in [0, 0.05) is 42.8 Å². The molecule has 9 heteroatoms. The number of esters is 1. The molecule has 3 aliphatic rings. The van der Waals surface area contributed by atoms with Crippen molar-refractivity contribution >= 4 is 28.7 Å². The molecule has 5 heterocycles. The van der Waals surface area contributed by atoms with Gasteiger partial charge in [-0.25, -0.2) is 9.78 Å². The summed E-state index contributed by atoms with van der Waals surface area (Å²) in [6, 6.07) is 12.3. The van der Waals surface area contributed by atoms with Crippen molar-refractivity contribution in [1.82, 2.24) is 25.2 Å². The number of carbonyl (C=O) groups is 3. The molecule has 2 bridgehead atoms. The molecule has 270 valence electrons. The van der Waals surface area contributed by atoms with Crippen molar-refractivity contribution in [3.8, 4) is 11.3 Å². The Morgan fingerprint density at radius 3 is 2.20 bits per heavy atom. The zero-order valence-electron chi connectivity index (χ0n) is 31.6. The Kier molecular flexibility index (Phi) is 9.87. The lowest BCUT2D eigenvalue weighted by Gasteiger charge is -2.47. The number of nitrogens with one attached hydrogen (secondary N) is 2. The van der Waals surface area contributed by atoms with Crippen LogP contribution >= 0.6 is 0 Å². The number of benzene rings is 1. The molecule has 1 aliphatic carbocycles. The Balaban J connectivity index is 1.49. The Morgan fingerprint density at radius 2 is 1.61 bits per heavy atom. The summed E-state index contributed by atoms with van der Waals surface area (Å²) in [6.45, 7) is 18.6. The Labute approximate surface area is 302 Å². The first-order chi connectivity index (χ1) is 24.0. The highest BCUT2D eigenvalue weighted by Crippen LogP contribution is 2.42. The van der Waals surface area contributed by atoms with Gasteiger partial charge in [0.15, 0.2) is 5.69 Å². The second-order valence-corrected chi connectivity index (χ2v) is 16.5. The first-order valence-electron chi connectivity index (χ1n) is 18.4. The van der Waals surface area contributed by atoms with Crippen molar-refractivity contribution in [2.24, 2.45) is 5.92 Å². The molecule has 1 aromatic carbocycles. The quantitative estimate of drug-likeness (QED) is 0.172. The van der Waals surface area contributed by atoms with Crippen LogP contribution in [0.3, 0.4) is 0 Å². The van der Waals surface area contributed by atoms with Gasteiger partial charge in [0.25, 0.3) is 0 Å². The predicted molar refractivity (Wildman–Crippen MR) is 201 cm³/mol. The van der Waals surface area contributed by atoms with Gasteiger partial charge in [-0.3, -0.25) is 14.6 Å². The van der Waals surface area contributed by atoms with Gasteiger partial charge in [0.1, 0.15) is 5.60 Å². The molecule has 9 nitrogen and oxygen atoms in total. The number of carbonyl (C=O) groups excluding carboxylic acids is 3. The summed E-state index contributed by atoms with van der Waals surface area (Å²) in [4.78, 5) is 56.6. The van der Waals surface area contributed by atoms with E-state index in [1.807, 2.05) is 59.7 Å². The molecule has 3 fully saturated rings. The monoisotopic (exact) mass is 691 g/mol. The fourth-order valence-electron chi connectivity index (χ4n) is 7.96. The Bertz CT molecular complexity index is 1930. The van der Waals surface area contributed by atoms with E-state index < -0.39 is 17.0 Å². The van der Waals surface area contributed by atoms with Crippen LogP contribution in [-0.4, -0.2) is 62.4 Å². The van der Waals surface area contributed by atoms with Crippen molar-refractivity contribution < 1.29 is 19.1 Å². The largest absolute Gasteiger partial charge is 0.455 e. The smallest absolute Gasteiger partial charge is 0.359 e. The zero-order valence-corrected chi connectivity index (χ0v) is 31.6. The van der Waals surface area contributed by atoms with Gasteiger partial charge < -0.3 is 19.9 Å². The number of rotatable bonds is 9. The van der Waals surface area contributed by atoms with Crippen LogP contribution < -0.4 is 5.32 Å². The number of hydrogen-bond donors (Lipinski definition) is 2. The molecular weight excluding hydrogens is 638 g/mol. The minimum absolute atomic E-state index is 0.0379. The molecule has 2 N–H and O–H groups in total. The zero-order chi connectivity index (χ0) is 36.8. The van der Waals surface area contributed by atoms with Gasteiger partial charge in [-0.15, -0.1) is 0 Å². The van der Waals surface area contributed by atoms with E-state index in [0.717, 1.165) is 58.3 Å². The number of aromatic nitrogens is 3. The summed E-state index contributed by atoms with van der Waals surface area (Å²) in [5.74, 6) is -0.593. The van der Waals surface area contributed by atoms with E-state index in [1.54, 1.807) is 12.4 Å². The van der Waals surface area contributed by atoms with E-state index in [-0.39, 0.29) is 35.4 Å². The average molecular weight is 692 g/mol. The Hall–Kier alpha value is -4.53. The third kappa shape index (κ3) is 7.44. The van der Waals surface area contributed by atoms with E-state index in [9.17, 15) is 14.4 Å². The third-order valence-corrected chi connectivity index (χ3v) is 10.8. The van der Waals surface area contributed by atoms with Gasteiger partial charge in [-0.1, -0.05) is 24.1 Å². The lowest BCUT2D eigenvalue weighted by molar-refractivity contribution is -0.144. The first kappa shape index (κ1) is 36.3. The van der Waals surface area contributed by atoms with Crippen LogP contribution in [0.1, 0.15) is 124 Å². The number of ether oxygens (including phenoxy) is 1. The molecule has 3 aromatic heterocycles. The molecule has 51 heavy (non-hydrogen) atoms. The molecule has 0 radical (unpaired) electrons. The Morgan fingerprint density at radius 1 is 0.961 bits per heavy atom. The number of aryl methyl sites for hydroxylation is 2. The maximum absolute atomic E-state index is 14.4. The number of aromatic amines is 1. The van der Waals surface area contributed by atoms with E-state index in [4.69, 9.17) is 9.72 Å². The van der Waals surface area contributed by atoms with Crippen molar-refractivity contribution in [3.63, 3.8) is 0 Å². The highest BCUT2D eigenvalue weighted by Gasteiger charge is 2.44. The minimum Gasteiger partial charge on any atom is -0.455 e. The van der Waals surface area contributed by atoms with Crippen LogP contribution in [0.2, 0.25) is 0 Å². The number of pyridine rings is 2. The maximum atomic E-state index is 14.4. The van der Waals surface area contributed by atoms with Gasteiger partial charge >= 0.3 is 5.97 Å². The number of amides is 2. The number of hydrogen-bond acceptors (Lipinski definition) is 6.